The van der Waals surface area contributed by atoms with Gasteiger partial charge in [0.15, 0.2) is 11.2 Å². The Hall–Kier alpha value is -3.21. The Morgan fingerprint density at radius 3 is 0.952 bits per heavy atom. The summed E-state index contributed by atoms with van der Waals surface area (Å²) in [7, 11) is 0. The second kappa shape index (κ2) is 22.1. The number of rotatable bonds is 2. The maximum absolute atomic E-state index is 13.1. The van der Waals surface area contributed by atoms with Crippen LogP contribution >= 0.6 is 23.2 Å². The summed E-state index contributed by atoms with van der Waals surface area (Å²) in [4.78, 5) is 9.05. The molecule has 0 fully saturated rings. The molecule has 6 aromatic rings. The van der Waals surface area contributed by atoms with Gasteiger partial charge in [0.2, 0.25) is 11.8 Å². The maximum atomic E-state index is 13.1. The summed E-state index contributed by atoms with van der Waals surface area (Å²) in [6.45, 7) is 35.0. The smallest absolute Gasteiger partial charge is 0.872 e. The van der Waals surface area contributed by atoms with Crippen molar-refractivity contribution in [1.29, 1.82) is 0 Å². The van der Waals surface area contributed by atoms with E-state index in [9.17, 15) is 20.4 Å². The van der Waals surface area contributed by atoms with Crippen molar-refractivity contribution in [3.05, 3.63) is 95.1 Å². The molecule has 6 rings (SSSR count). The summed E-state index contributed by atoms with van der Waals surface area (Å²) in [6.07, 6.45) is 0. The summed E-state index contributed by atoms with van der Waals surface area (Å²) >= 11 is 9.53. The predicted octanol–water partition coefficient (Wildman–Crippen LogP) is 12.0. The van der Waals surface area contributed by atoms with E-state index in [1.54, 1.807) is 41.5 Å². The Bertz CT molecular complexity index is 2080. The van der Waals surface area contributed by atoms with E-state index in [0.29, 0.717) is 34.1 Å². The fourth-order valence-electron chi connectivity index (χ4n) is 5.53. The van der Waals surface area contributed by atoms with Gasteiger partial charge in [-0.1, -0.05) is 173 Å². The predicted molar refractivity (Wildman–Crippen MR) is 249 cm³/mol. The molecular formula is C51H68Cl2HfN2O6. The van der Waals surface area contributed by atoms with Crippen LogP contribution in [0.15, 0.2) is 81.6 Å². The molecule has 0 bridgehead atoms. The van der Waals surface area contributed by atoms with E-state index in [-0.39, 0.29) is 64.3 Å². The fraction of sp³-hybridized carbons (Fsp3) is 0.490. The third-order valence-corrected chi connectivity index (χ3v) is 8.57. The molecule has 336 valence electrons. The first-order valence-electron chi connectivity index (χ1n) is 20.5. The molecular weight excluding hydrogens is 986 g/mol. The summed E-state index contributed by atoms with van der Waals surface area (Å²) < 4.78 is 11.7. The van der Waals surface area contributed by atoms with Crippen LogP contribution in [0.5, 0.6) is 11.5 Å². The minimum Gasteiger partial charge on any atom is -0.872 e. The molecule has 0 amide bonds. The minimum absolute atomic E-state index is 0. The van der Waals surface area contributed by atoms with E-state index in [1.165, 1.54) is 0 Å². The Balaban J connectivity index is 0.000000478. The summed E-state index contributed by atoms with van der Waals surface area (Å²) in [5.41, 5.74) is 5.76. The van der Waals surface area contributed by atoms with Crippen molar-refractivity contribution >= 4 is 45.4 Å². The van der Waals surface area contributed by atoms with E-state index in [2.05, 4.69) is 93.1 Å². The number of hydrogen-bond acceptors (Lipinski definition) is 8. The van der Waals surface area contributed by atoms with Gasteiger partial charge in [0.25, 0.3) is 0 Å². The molecule has 4 aromatic carbocycles. The van der Waals surface area contributed by atoms with Crippen LogP contribution < -0.4 is 20.4 Å². The third kappa shape index (κ3) is 18.1. The van der Waals surface area contributed by atoms with Crippen molar-refractivity contribution in [2.75, 3.05) is 5.34 Å². The van der Waals surface area contributed by atoms with Crippen molar-refractivity contribution in [1.82, 2.24) is 9.97 Å². The van der Waals surface area contributed by atoms with Crippen LogP contribution in [0, 0.1) is 0 Å². The van der Waals surface area contributed by atoms with Gasteiger partial charge in [0, 0.05) is 11.1 Å². The third-order valence-electron chi connectivity index (χ3n) is 8.57. The van der Waals surface area contributed by atoms with Crippen LogP contribution in [0.4, 0.5) is 0 Å². The number of hydrogen-bond donors (Lipinski definition) is 0. The largest absolute Gasteiger partial charge is 4.00 e. The topological polar surface area (TPSA) is 144 Å². The monoisotopic (exact) mass is 1050 g/mol. The van der Waals surface area contributed by atoms with Crippen LogP contribution in [0.1, 0.15) is 147 Å². The molecule has 0 N–H and O–H groups in total. The Labute approximate surface area is 400 Å². The van der Waals surface area contributed by atoms with Crippen LogP contribution in [-0.4, -0.2) is 26.5 Å². The zero-order valence-electron chi connectivity index (χ0n) is 40.2. The number of nitrogens with zero attached hydrogens (tertiary/aromatic N) is 2. The van der Waals surface area contributed by atoms with E-state index in [0.717, 1.165) is 33.3 Å². The zero-order chi connectivity index (χ0) is 47.1. The minimum atomic E-state index is -0.750. The van der Waals surface area contributed by atoms with Crippen molar-refractivity contribution in [3.8, 4) is 34.4 Å². The fourth-order valence-corrected chi connectivity index (χ4v) is 5.53. The molecule has 0 aliphatic rings. The normalized spacial score (nSPS) is 12.1. The first-order chi connectivity index (χ1) is 27.6. The molecule has 0 atom stereocenters. The number of benzene rings is 4. The van der Waals surface area contributed by atoms with Crippen molar-refractivity contribution in [2.45, 2.75) is 157 Å². The molecule has 0 aliphatic carbocycles. The van der Waals surface area contributed by atoms with E-state index < -0.39 is 11.2 Å². The SMILES string of the molecule is CC(C)(C)[O-].CC(C)(C)[O-].CC(C)(C)c1cc(-c2nc3ccccc3o2)c([O-])c(C(C)(C)C)c1.CC(C)(C)c1cc(-c2nc3ccccc3o2)c([O-])c(C(C)(C)C)c1.ClCCl.[Hf+4]. The number of oxazole rings is 2. The summed E-state index contributed by atoms with van der Waals surface area (Å²) in [5.74, 6) is 0.805. The molecule has 0 saturated carbocycles. The van der Waals surface area contributed by atoms with Gasteiger partial charge in [-0.05, 0) is 80.3 Å². The molecule has 2 aromatic heterocycles. The van der Waals surface area contributed by atoms with E-state index in [4.69, 9.17) is 32.0 Å². The quantitative estimate of drug-likeness (QED) is 0.123. The van der Waals surface area contributed by atoms with Gasteiger partial charge in [0.05, 0.1) is 5.34 Å². The molecule has 62 heavy (non-hydrogen) atoms. The zero-order valence-corrected chi connectivity index (χ0v) is 45.3. The number of fused-ring (bicyclic) bond motifs is 2. The van der Waals surface area contributed by atoms with Crippen LogP contribution in [0.2, 0.25) is 0 Å². The van der Waals surface area contributed by atoms with E-state index in [1.807, 2.05) is 72.8 Å². The molecule has 0 aliphatic heterocycles. The molecule has 0 saturated heterocycles. The average Bonchev–Trinajstić information content (AvgIpc) is 3.70. The van der Waals surface area contributed by atoms with Gasteiger partial charge in [-0.3, -0.25) is 0 Å². The van der Waals surface area contributed by atoms with Crippen LogP contribution in [-0.2, 0) is 47.5 Å². The first kappa shape index (κ1) is 56.8. The van der Waals surface area contributed by atoms with Crippen LogP contribution in [0.25, 0.3) is 45.1 Å². The summed E-state index contributed by atoms with van der Waals surface area (Å²) in [5, 5.41) is 46.5. The number of para-hydroxylation sites is 4. The van der Waals surface area contributed by atoms with Gasteiger partial charge in [0.1, 0.15) is 11.0 Å². The van der Waals surface area contributed by atoms with Crippen LogP contribution in [0.3, 0.4) is 0 Å². The van der Waals surface area contributed by atoms with E-state index >= 15 is 0 Å². The molecule has 8 nitrogen and oxygen atoms in total. The Morgan fingerprint density at radius 1 is 0.468 bits per heavy atom. The molecule has 0 unspecified atom stereocenters. The second-order valence-corrected chi connectivity index (χ2v) is 21.9. The van der Waals surface area contributed by atoms with Gasteiger partial charge in [-0.15, -0.1) is 34.4 Å². The molecule has 0 spiro atoms. The Kier molecular flexibility index (Phi) is 20.3. The van der Waals surface area contributed by atoms with Crippen molar-refractivity contribution < 1.29 is 55.1 Å². The molecule has 11 heteroatoms. The average molecular weight is 1050 g/mol. The first-order valence-corrected chi connectivity index (χ1v) is 21.6. The molecule has 2 heterocycles. The summed E-state index contributed by atoms with van der Waals surface area (Å²) in [6, 6.07) is 23.1. The number of halogens is 2. The molecule has 0 radical (unpaired) electrons. The van der Waals surface area contributed by atoms with Gasteiger partial charge >= 0.3 is 25.8 Å². The maximum Gasteiger partial charge on any atom is 4.00 e. The number of alkyl halides is 2. The van der Waals surface area contributed by atoms with Crippen molar-refractivity contribution in [3.63, 3.8) is 0 Å². The van der Waals surface area contributed by atoms with Gasteiger partial charge in [-0.25, -0.2) is 9.97 Å². The van der Waals surface area contributed by atoms with Crippen molar-refractivity contribution in [2.24, 2.45) is 0 Å². The van der Waals surface area contributed by atoms with Gasteiger partial charge < -0.3 is 29.3 Å². The van der Waals surface area contributed by atoms with Gasteiger partial charge in [-0.2, -0.15) is 0 Å². The number of aromatic nitrogens is 2. The Morgan fingerprint density at radius 2 is 0.726 bits per heavy atom. The standard InChI is InChI=1S/2C21H25NO2.2C4H9O.CH2Cl2.Hf/c2*1-20(2,3)13-11-14(18(23)15(12-13)21(4,5)6)19-22-16-9-7-8-10-17(16)24-19;2*1-4(2,3)5;2-1-3;/h2*7-12,23H,1-6H3;2*1-3H3;1H2;/q;;2*-1;;+4/p-2. The second-order valence-electron chi connectivity index (χ2n) is 21.1.